The molecular weight excluding hydrogens is 478 g/mol. The third-order valence-electron chi connectivity index (χ3n) is 1.99. The van der Waals surface area contributed by atoms with Crippen molar-refractivity contribution in [1.82, 2.24) is 0 Å². The van der Waals surface area contributed by atoms with Gasteiger partial charge in [0.2, 0.25) is 11.8 Å². The molecule has 3 N–H and O–H groups in total. The van der Waals surface area contributed by atoms with E-state index in [0.29, 0.717) is 11.4 Å². The fourth-order valence-corrected chi connectivity index (χ4v) is 1.67. The number of anilines is 2. The molecule has 2 amide bonds. The van der Waals surface area contributed by atoms with E-state index < -0.39 is 5.97 Å². The van der Waals surface area contributed by atoms with E-state index in [0.717, 1.165) is 0 Å². The molecule has 0 radical (unpaired) electrons. The fraction of sp³-hybridized carbons (Fsp3) is 0.182. The van der Waals surface area contributed by atoms with Crippen molar-refractivity contribution in [3.8, 4) is 0 Å². The lowest BCUT2D eigenvalue weighted by Gasteiger charge is -2.09. The molecule has 0 fully saturated rings. The second-order valence-corrected chi connectivity index (χ2v) is 4.99. The summed E-state index contributed by atoms with van der Waals surface area (Å²) in [6, 6.07) is 4.19. The molecule has 0 aliphatic heterocycles. The number of amides is 2. The molecule has 8 heteroatoms. The van der Waals surface area contributed by atoms with E-state index in [9.17, 15) is 14.4 Å². The number of rotatable bonds is 5. The molecule has 0 spiro atoms. The molecule has 0 atom stereocenters. The predicted octanol–water partition coefficient (Wildman–Crippen LogP) is 2.13. The number of hydrogen-bond donors (Lipinski definition) is 3. The zero-order valence-electron chi connectivity index (χ0n) is 9.57. The van der Waals surface area contributed by atoms with Gasteiger partial charge >= 0.3 is 5.97 Å². The molecule has 1 aromatic rings. The molecule has 1 aromatic carbocycles. The number of halogens is 2. The van der Waals surface area contributed by atoms with Crippen LogP contribution in [0.3, 0.4) is 0 Å². The second-order valence-electron chi connectivity index (χ2n) is 3.47. The Morgan fingerprint density at radius 3 is 1.68 bits per heavy atom. The van der Waals surface area contributed by atoms with E-state index >= 15 is 0 Å². The Balaban J connectivity index is 3.06. The Morgan fingerprint density at radius 1 is 0.947 bits per heavy atom. The number of carbonyl (C=O) groups excluding carboxylic acids is 2. The first-order valence-corrected chi connectivity index (χ1v) is 8.11. The van der Waals surface area contributed by atoms with Gasteiger partial charge in [0.25, 0.3) is 0 Å². The lowest BCUT2D eigenvalue weighted by molar-refractivity contribution is -0.114. The smallest absolute Gasteiger partial charge is 0.335 e. The molecule has 102 valence electrons. The Bertz CT molecular complexity index is 483. The maximum Gasteiger partial charge on any atom is 0.335 e. The first-order valence-electron chi connectivity index (χ1n) is 5.06. The van der Waals surface area contributed by atoms with Crippen LogP contribution < -0.4 is 10.6 Å². The number of carboxylic acid groups (broad SMARTS) is 1. The summed E-state index contributed by atoms with van der Waals surface area (Å²) >= 11 is 3.80. The molecule has 0 unspecified atom stereocenters. The van der Waals surface area contributed by atoms with Crippen LogP contribution in [-0.4, -0.2) is 31.7 Å². The van der Waals surface area contributed by atoms with Crippen molar-refractivity contribution in [2.24, 2.45) is 0 Å². The lowest BCUT2D eigenvalue weighted by atomic mass is 10.1. The van der Waals surface area contributed by atoms with Gasteiger partial charge in [-0.15, -0.1) is 0 Å². The van der Waals surface area contributed by atoms with Crippen LogP contribution >= 0.6 is 45.2 Å². The number of carboxylic acids is 1. The molecule has 6 nitrogen and oxygen atoms in total. The maximum atomic E-state index is 11.3. The third-order valence-corrected chi connectivity index (χ3v) is 3.38. The number of alkyl halides is 2. The van der Waals surface area contributed by atoms with Gasteiger partial charge in [-0.1, -0.05) is 45.2 Å². The van der Waals surface area contributed by atoms with E-state index in [1.54, 1.807) is 0 Å². The quantitative estimate of drug-likeness (QED) is 0.438. The van der Waals surface area contributed by atoms with Crippen LogP contribution in [-0.2, 0) is 9.59 Å². The summed E-state index contributed by atoms with van der Waals surface area (Å²) in [5.74, 6) is -1.61. The van der Waals surface area contributed by atoms with Crippen molar-refractivity contribution in [1.29, 1.82) is 0 Å². The molecular formula is C11H10I2N2O4. The van der Waals surface area contributed by atoms with Crippen LogP contribution in [0.2, 0.25) is 0 Å². The van der Waals surface area contributed by atoms with Gasteiger partial charge in [-0.2, -0.15) is 0 Å². The van der Waals surface area contributed by atoms with Gasteiger partial charge in [-0.05, 0) is 18.2 Å². The largest absolute Gasteiger partial charge is 0.478 e. The van der Waals surface area contributed by atoms with Gasteiger partial charge in [0.1, 0.15) is 0 Å². The highest BCUT2D eigenvalue weighted by Crippen LogP contribution is 2.19. The normalized spacial score (nSPS) is 9.79. The molecule has 0 aliphatic carbocycles. The standard InChI is InChI=1S/C11H10I2N2O4/c12-4-9(16)14-7-1-6(11(18)19)2-8(3-7)15-10(17)5-13/h1-3H,4-5H2,(H,14,16)(H,15,17)(H,18,19). The second kappa shape index (κ2) is 7.62. The lowest BCUT2D eigenvalue weighted by Crippen LogP contribution is -2.15. The van der Waals surface area contributed by atoms with Crippen LogP contribution in [0.1, 0.15) is 10.4 Å². The van der Waals surface area contributed by atoms with Crippen molar-refractivity contribution >= 4 is 74.3 Å². The minimum Gasteiger partial charge on any atom is -0.478 e. The van der Waals surface area contributed by atoms with E-state index in [4.69, 9.17) is 5.11 Å². The Labute approximate surface area is 136 Å². The molecule has 0 bridgehead atoms. The molecule has 0 heterocycles. The zero-order chi connectivity index (χ0) is 14.4. The van der Waals surface area contributed by atoms with Crippen molar-refractivity contribution in [3.63, 3.8) is 0 Å². The van der Waals surface area contributed by atoms with Gasteiger partial charge in [0.15, 0.2) is 0 Å². The summed E-state index contributed by atoms with van der Waals surface area (Å²) < 4.78 is 0.509. The SMILES string of the molecule is O=C(CI)Nc1cc(NC(=O)CI)cc(C(=O)O)c1. The van der Waals surface area contributed by atoms with Gasteiger partial charge in [-0.3, -0.25) is 9.59 Å². The predicted molar refractivity (Wildman–Crippen MR) is 88.4 cm³/mol. The van der Waals surface area contributed by atoms with Crippen LogP contribution in [0.25, 0.3) is 0 Å². The van der Waals surface area contributed by atoms with Crippen molar-refractivity contribution < 1.29 is 19.5 Å². The molecule has 19 heavy (non-hydrogen) atoms. The highest BCUT2D eigenvalue weighted by molar-refractivity contribution is 14.1. The van der Waals surface area contributed by atoms with E-state index in [2.05, 4.69) is 10.6 Å². The van der Waals surface area contributed by atoms with Crippen molar-refractivity contribution in [2.75, 3.05) is 19.5 Å². The van der Waals surface area contributed by atoms with Crippen LogP contribution in [0.15, 0.2) is 18.2 Å². The van der Waals surface area contributed by atoms with Crippen molar-refractivity contribution in [2.45, 2.75) is 0 Å². The first-order chi connectivity index (χ1) is 8.96. The summed E-state index contributed by atoms with van der Waals surface area (Å²) in [5, 5.41) is 14.1. The fourth-order valence-electron chi connectivity index (χ4n) is 1.28. The molecule has 0 aromatic heterocycles. The minimum atomic E-state index is -1.13. The molecule has 1 rings (SSSR count). The molecule has 0 saturated heterocycles. The number of benzene rings is 1. The van der Waals surface area contributed by atoms with Gasteiger partial charge in [0.05, 0.1) is 14.4 Å². The average Bonchev–Trinajstić information content (AvgIpc) is 2.37. The molecule has 0 aliphatic rings. The Kier molecular flexibility index (Phi) is 6.48. The first kappa shape index (κ1) is 16.1. The van der Waals surface area contributed by atoms with E-state index in [1.165, 1.54) is 18.2 Å². The summed E-state index contributed by atoms with van der Waals surface area (Å²) in [6.07, 6.45) is 0. The Hall–Kier alpha value is -0.910. The highest BCUT2D eigenvalue weighted by Gasteiger charge is 2.10. The van der Waals surface area contributed by atoms with Gasteiger partial charge < -0.3 is 15.7 Å². The number of nitrogens with one attached hydrogen (secondary N) is 2. The number of hydrogen-bond acceptors (Lipinski definition) is 3. The van der Waals surface area contributed by atoms with Gasteiger partial charge in [-0.25, -0.2) is 4.79 Å². The van der Waals surface area contributed by atoms with Crippen LogP contribution in [0, 0.1) is 0 Å². The van der Waals surface area contributed by atoms with Crippen molar-refractivity contribution in [3.05, 3.63) is 23.8 Å². The summed E-state index contributed by atoms with van der Waals surface area (Å²) in [7, 11) is 0. The summed E-state index contributed by atoms with van der Waals surface area (Å²) in [5.41, 5.74) is 0.672. The van der Waals surface area contributed by atoms with Crippen LogP contribution in [0.4, 0.5) is 11.4 Å². The topological polar surface area (TPSA) is 95.5 Å². The minimum absolute atomic E-state index is 0.00461. The van der Waals surface area contributed by atoms with Crippen LogP contribution in [0.5, 0.6) is 0 Å². The van der Waals surface area contributed by atoms with Gasteiger partial charge in [0, 0.05) is 11.4 Å². The highest BCUT2D eigenvalue weighted by atomic mass is 127. The zero-order valence-corrected chi connectivity index (χ0v) is 13.9. The maximum absolute atomic E-state index is 11.3. The monoisotopic (exact) mass is 488 g/mol. The third kappa shape index (κ3) is 5.30. The van der Waals surface area contributed by atoms with E-state index in [-0.39, 0.29) is 26.2 Å². The Morgan fingerprint density at radius 2 is 1.37 bits per heavy atom. The summed E-state index contributed by atoms with van der Waals surface area (Å²) in [6.45, 7) is 0. The average molecular weight is 488 g/mol. The number of carbonyl (C=O) groups is 3. The van der Waals surface area contributed by atoms with E-state index in [1.807, 2.05) is 45.2 Å². The number of aromatic carboxylic acids is 1. The summed E-state index contributed by atoms with van der Waals surface area (Å²) in [4.78, 5) is 33.6. The molecule has 0 saturated carbocycles.